The Morgan fingerprint density at radius 3 is 1.70 bits per heavy atom. The van der Waals surface area contributed by atoms with E-state index in [0.29, 0.717) is 0 Å². The first-order chi connectivity index (χ1) is 24.8. The van der Waals surface area contributed by atoms with Crippen molar-refractivity contribution >= 4 is 32.7 Å². The van der Waals surface area contributed by atoms with E-state index < -0.39 is 0 Å². The van der Waals surface area contributed by atoms with Gasteiger partial charge in [-0.2, -0.15) is 0 Å². The van der Waals surface area contributed by atoms with Crippen molar-refractivity contribution in [3.8, 4) is 33.4 Å². The molecule has 0 amide bonds. The Morgan fingerprint density at radius 1 is 0.420 bits per heavy atom. The summed E-state index contributed by atoms with van der Waals surface area (Å²) in [6, 6.07) is 67.8. The smallest absolute Gasteiger partial charge is 0.139 e. The predicted molar refractivity (Wildman–Crippen MR) is 211 cm³/mol. The highest BCUT2D eigenvalue weighted by atomic mass is 16.3. The van der Waals surface area contributed by atoms with Crippen molar-refractivity contribution in [3.63, 3.8) is 0 Å². The van der Waals surface area contributed by atoms with Crippen LogP contribution in [0.1, 0.15) is 29.0 Å². The molecule has 0 fully saturated rings. The Balaban J connectivity index is 1.20. The van der Waals surface area contributed by atoms with Gasteiger partial charge in [-0.15, -0.1) is 0 Å². The van der Waals surface area contributed by atoms with Gasteiger partial charge in [-0.1, -0.05) is 182 Å². The monoisotopic (exact) mass is 640 g/mol. The zero-order valence-corrected chi connectivity index (χ0v) is 27.8. The second-order valence-electron chi connectivity index (χ2n) is 13.1. The molecule has 238 valence electrons. The van der Waals surface area contributed by atoms with Crippen LogP contribution in [0.2, 0.25) is 0 Å². The van der Waals surface area contributed by atoms with Crippen molar-refractivity contribution < 1.29 is 4.42 Å². The van der Waals surface area contributed by atoms with Crippen LogP contribution < -0.4 is 0 Å². The second-order valence-corrected chi connectivity index (χ2v) is 13.1. The summed E-state index contributed by atoms with van der Waals surface area (Å²) in [5.74, 6) is 0.132. The zero-order chi connectivity index (χ0) is 33.3. The van der Waals surface area contributed by atoms with E-state index in [4.69, 9.17) is 4.42 Å². The molecule has 0 aliphatic rings. The lowest BCUT2D eigenvalue weighted by Gasteiger charge is -2.20. The topological polar surface area (TPSA) is 13.1 Å². The van der Waals surface area contributed by atoms with E-state index in [2.05, 4.69) is 188 Å². The molecular weight excluding hydrogens is 605 g/mol. The number of hydrogen-bond donors (Lipinski definition) is 0. The summed E-state index contributed by atoms with van der Waals surface area (Å²) in [6.45, 7) is 0. The van der Waals surface area contributed by atoms with Crippen LogP contribution >= 0.6 is 0 Å². The van der Waals surface area contributed by atoms with Crippen LogP contribution in [0.25, 0.3) is 66.1 Å². The maximum absolute atomic E-state index is 6.99. The molecule has 0 saturated heterocycles. The third-order valence-corrected chi connectivity index (χ3v) is 10.2. The van der Waals surface area contributed by atoms with Gasteiger partial charge >= 0.3 is 0 Å². The number of benzene rings is 8. The third-order valence-electron chi connectivity index (χ3n) is 10.2. The zero-order valence-electron chi connectivity index (χ0n) is 27.8. The molecule has 9 aromatic rings. The number of aryl methyl sites for hydroxylation is 1. The molecule has 0 bridgehead atoms. The summed E-state index contributed by atoms with van der Waals surface area (Å²) in [7, 11) is 0. The van der Waals surface area contributed by atoms with E-state index in [1.54, 1.807) is 0 Å². The molecule has 0 spiro atoms. The van der Waals surface area contributed by atoms with E-state index >= 15 is 0 Å². The molecule has 1 unspecified atom stereocenters. The number of hydrogen-bond acceptors (Lipinski definition) is 1. The van der Waals surface area contributed by atoms with Gasteiger partial charge in [0.1, 0.15) is 11.2 Å². The molecule has 0 radical (unpaired) electrons. The van der Waals surface area contributed by atoms with Crippen LogP contribution in [0.3, 0.4) is 0 Å². The first-order valence-corrected chi connectivity index (χ1v) is 17.5. The fourth-order valence-corrected chi connectivity index (χ4v) is 7.79. The normalized spacial score (nSPS) is 12.1. The molecular formula is C49H36O. The highest BCUT2D eigenvalue weighted by Gasteiger charge is 2.23. The minimum Gasteiger partial charge on any atom is -0.456 e. The number of fused-ring (bicyclic) bond motifs is 5. The molecule has 1 heterocycles. The van der Waals surface area contributed by atoms with Crippen molar-refractivity contribution in [1.82, 2.24) is 0 Å². The maximum atomic E-state index is 6.99. The number of rotatable bonds is 8. The quantitative estimate of drug-likeness (QED) is 0.161. The summed E-state index contributed by atoms with van der Waals surface area (Å²) in [5.41, 5.74) is 13.2. The summed E-state index contributed by atoms with van der Waals surface area (Å²) in [6.07, 6.45) is 1.88. The largest absolute Gasteiger partial charge is 0.456 e. The molecule has 1 aromatic heterocycles. The number of para-hydroxylation sites is 1. The van der Waals surface area contributed by atoms with Crippen LogP contribution in [0.15, 0.2) is 192 Å². The van der Waals surface area contributed by atoms with Crippen molar-refractivity contribution in [3.05, 3.63) is 205 Å². The van der Waals surface area contributed by atoms with E-state index in [0.717, 1.165) is 24.0 Å². The van der Waals surface area contributed by atoms with Gasteiger partial charge in [0.2, 0.25) is 0 Å². The Hall–Kier alpha value is -6.18. The molecule has 0 aliphatic carbocycles. The summed E-state index contributed by atoms with van der Waals surface area (Å²) < 4.78 is 6.99. The predicted octanol–water partition coefficient (Wildman–Crippen LogP) is 13.5. The first-order valence-electron chi connectivity index (χ1n) is 17.5. The summed E-state index contributed by atoms with van der Waals surface area (Å²) in [5, 5.41) is 4.82. The molecule has 1 atom stereocenters. The SMILES string of the molecule is c1ccc(-c2ccc(C(CCc3ccccc3-c3ccccc3)c3cccc4c3oc3cc(-c5ccccc5)c5ccccc5c34)cc2)cc1. The van der Waals surface area contributed by atoms with Gasteiger partial charge < -0.3 is 4.42 Å². The Kier molecular flexibility index (Phi) is 7.80. The van der Waals surface area contributed by atoms with E-state index in [1.165, 1.54) is 71.6 Å². The van der Waals surface area contributed by atoms with Crippen LogP contribution in [0.5, 0.6) is 0 Å². The van der Waals surface area contributed by atoms with Gasteiger partial charge in [-0.3, -0.25) is 0 Å². The van der Waals surface area contributed by atoms with Gasteiger partial charge in [0.15, 0.2) is 0 Å². The van der Waals surface area contributed by atoms with E-state index in [1.807, 2.05) is 0 Å². The minimum atomic E-state index is 0.132. The van der Waals surface area contributed by atoms with E-state index in [9.17, 15) is 0 Å². The highest BCUT2D eigenvalue weighted by molar-refractivity contribution is 6.22. The van der Waals surface area contributed by atoms with Crippen molar-refractivity contribution in [1.29, 1.82) is 0 Å². The molecule has 8 aromatic carbocycles. The first kappa shape index (κ1) is 29.9. The minimum absolute atomic E-state index is 0.132. The molecule has 1 nitrogen and oxygen atoms in total. The van der Waals surface area contributed by atoms with E-state index in [-0.39, 0.29) is 5.92 Å². The summed E-state index contributed by atoms with van der Waals surface area (Å²) in [4.78, 5) is 0. The molecule has 1 heteroatoms. The fraction of sp³-hybridized carbons (Fsp3) is 0.0612. The lowest BCUT2D eigenvalue weighted by Crippen LogP contribution is -2.04. The highest BCUT2D eigenvalue weighted by Crippen LogP contribution is 2.44. The van der Waals surface area contributed by atoms with Crippen molar-refractivity contribution in [2.24, 2.45) is 0 Å². The number of furan rings is 1. The van der Waals surface area contributed by atoms with Crippen molar-refractivity contribution in [2.45, 2.75) is 18.8 Å². The average molecular weight is 641 g/mol. The fourth-order valence-electron chi connectivity index (χ4n) is 7.79. The Morgan fingerprint density at radius 2 is 0.980 bits per heavy atom. The molecule has 50 heavy (non-hydrogen) atoms. The van der Waals surface area contributed by atoms with Gasteiger partial charge in [-0.05, 0) is 74.2 Å². The van der Waals surface area contributed by atoms with Gasteiger partial charge in [0, 0.05) is 22.3 Å². The standard InChI is InChI=1S/C49H36O/c1-4-15-34(16-5-1)35-27-29-39(30-28-35)41(32-31-38-21-10-11-22-40(38)36-17-6-2-7-18-36)44-25-14-26-45-48-43-24-13-12-23-42(43)46(33-47(48)50-49(44)45)37-19-8-3-9-20-37/h1-30,33,41H,31-32H2. The molecule has 9 rings (SSSR count). The lowest BCUT2D eigenvalue weighted by atomic mass is 9.83. The molecule has 0 N–H and O–H groups in total. The van der Waals surface area contributed by atoms with Crippen LogP contribution in [-0.2, 0) is 6.42 Å². The van der Waals surface area contributed by atoms with Gasteiger partial charge in [-0.25, -0.2) is 0 Å². The lowest BCUT2D eigenvalue weighted by molar-refractivity contribution is 0.645. The molecule has 0 saturated carbocycles. The summed E-state index contributed by atoms with van der Waals surface area (Å²) >= 11 is 0. The van der Waals surface area contributed by atoms with Gasteiger partial charge in [0.05, 0.1) is 0 Å². The Bertz CT molecular complexity index is 2560. The van der Waals surface area contributed by atoms with Crippen LogP contribution in [0.4, 0.5) is 0 Å². The van der Waals surface area contributed by atoms with Crippen LogP contribution in [-0.4, -0.2) is 0 Å². The van der Waals surface area contributed by atoms with Gasteiger partial charge in [0.25, 0.3) is 0 Å². The van der Waals surface area contributed by atoms with Crippen LogP contribution in [0, 0.1) is 0 Å². The van der Waals surface area contributed by atoms with Crippen molar-refractivity contribution in [2.75, 3.05) is 0 Å². The maximum Gasteiger partial charge on any atom is 0.139 e. The second kappa shape index (κ2) is 13.0. The third kappa shape index (κ3) is 5.47. The molecule has 0 aliphatic heterocycles. The Labute approximate surface area is 293 Å². The average Bonchev–Trinajstić information content (AvgIpc) is 3.59.